The van der Waals surface area contributed by atoms with Crippen LogP contribution in [0.3, 0.4) is 0 Å². The summed E-state index contributed by atoms with van der Waals surface area (Å²) in [6.45, 7) is 10.0. The van der Waals surface area contributed by atoms with Crippen molar-refractivity contribution in [3.63, 3.8) is 0 Å². The molecule has 32 heavy (non-hydrogen) atoms. The number of hydrogen-bond acceptors (Lipinski definition) is 3. The summed E-state index contributed by atoms with van der Waals surface area (Å²) in [4.78, 5) is 20.8. The zero-order valence-corrected chi connectivity index (χ0v) is 19.5. The van der Waals surface area contributed by atoms with E-state index in [2.05, 4.69) is 9.89 Å². The van der Waals surface area contributed by atoms with Crippen LogP contribution in [0.2, 0.25) is 0 Å². The van der Waals surface area contributed by atoms with Gasteiger partial charge in [0.15, 0.2) is 5.67 Å². The SMILES string of the molecule is C\C=C(C(/C(C)=N/C=C/CC)=C(/C)N1CCN(C(=O)C2(F)CC2)CC1)\c1ccccc1F. The van der Waals surface area contributed by atoms with Crippen LogP contribution >= 0.6 is 0 Å². The maximum Gasteiger partial charge on any atom is 0.260 e. The topological polar surface area (TPSA) is 35.9 Å². The fourth-order valence-electron chi connectivity index (χ4n) is 4.11. The lowest BCUT2D eigenvalue weighted by atomic mass is 9.92. The predicted octanol–water partition coefficient (Wildman–Crippen LogP) is 5.53. The number of alkyl halides is 1. The predicted molar refractivity (Wildman–Crippen MR) is 127 cm³/mol. The van der Waals surface area contributed by atoms with E-state index in [0.717, 1.165) is 29.0 Å². The largest absolute Gasteiger partial charge is 0.371 e. The lowest BCUT2D eigenvalue weighted by Crippen LogP contribution is -2.51. The molecular formula is C26H33F2N3O. The maximum atomic E-state index is 14.7. The molecule has 172 valence electrons. The highest BCUT2D eigenvalue weighted by atomic mass is 19.1. The molecule has 4 nitrogen and oxygen atoms in total. The molecule has 0 aromatic heterocycles. The molecule has 1 saturated heterocycles. The van der Waals surface area contributed by atoms with Crippen molar-refractivity contribution in [1.29, 1.82) is 0 Å². The number of piperazine rings is 1. The van der Waals surface area contributed by atoms with E-state index in [4.69, 9.17) is 0 Å². The molecule has 1 aromatic carbocycles. The number of rotatable bonds is 7. The number of amides is 1. The molecule has 3 rings (SSSR count). The highest BCUT2D eigenvalue weighted by molar-refractivity contribution is 6.12. The van der Waals surface area contributed by atoms with E-state index in [-0.39, 0.29) is 11.7 Å². The van der Waals surface area contributed by atoms with Gasteiger partial charge in [-0.15, -0.1) is 0 Å². The fraction of sp³-hybridized carbons (Fsp3) is 0.462. The molecule has 0 bridgehead atoms. The van der Waals surface area contributed by atoms with Crippen LogP contribution in [0.25, 0.3) is 5.57 Å². The molecule has 0 unspecified atom stereocenters. The maximum absolute atomic E-state index is 14.7. The summed E-state index contributed by atoms with van der Waals surface area (Å²) in [5.41, 5.74) is 2.33. The summed E-state index contributed by atoms with van der Waals surface area (Å²) < 4.78 is 28.9. The number of nitrogens with zero attached hydrogens (tertiary/aromatic N) is 3. The lowest BCUT2D eigenvalue weighted by Gasteiger charge is -2.38. The van der Waals surface area contributed by atoms with Crippen molar-refractivity contribution in [3.05, 3.63) is 65.3 Å². The standard InChI is InChI=1S/C26H33F2N3O/c1-5-7-14-29-19(3)24(21(6-2)22-10-8-9-11-23(22)27)20(4)30-15-17-31(18-16-30)25(32)26(28)12-13-26/h6-11,14H,5,12-13,15-18H2,1-4H3/b14-7+,21-6-,24-20-,29-19+. The van der Waals surface area contributed by atoms with Gasteiger partial charge in [0.2, 0.25) is 0 Å². The highest BCUT2D eigenvalue weighted by Gasteiger charge is 2.53. The zero-order valence-electron chi connectivity index (χ0n) is 19.5. The van der Waals surface area contributed by atoms with E-state index < -0.39 is 5.67 Å². The van der Waals surface area contributed by atoms with Crippen LogP contribution in [0.5, 0.6) is 0 Å². The zero-order chi connectivity index (χ0) is 23.3. The Balaban J connectivity index is 1.93. The molecule has 0 spiro atoms. The first-order chi connectivity index (χ1) is 15.3. The fourth-order valence-corrected chi connectivity index (χ4v) is 4.11. The third kappa shape index (κ3) is 5.17. The van der Waals surface area contributed by atoms with Crippen LogP contribution in [0, 0.1) is 5.82 Å². The van der Waals surface area contributed by atoms with E-state index in [1.807, 2.05) is 45.9 Å². The van der Waals surface area contributed by atoms with Gasteiger partial charge in [0.05, 0.1) is 0 Å². The molecule has 1 amide bonds. The van der Waals surface area contributed by atoms with Gasteiger partial charge in [-0.2, -0.15) is 0 Å². The Labute approximate surface area is 190 Å². The van der Waals surface area contributed by atoms with Gasteiger partial charge in [0.25, 0.3) is 5.91 Å². The van der Waals surface area contributed by atoms with Crippen LogP contribution in [-0.4, -0.2) is 53.3 Å². The molecule has 2 fully saturated rings. The molecule has 1 heterocycles. The van der Waals surface area contributed by atoms with Crippen LogP contribution in [-0.2, 0) is 4.79 Å². The van der Waals surface area contributed by atoms with Crippen LogP contribution in [0.15, 0.2) is 58.9 Å². The minimum absolute atomic E-state index is 0.282. The lowest BCUT2D eigenvalue weighted by molar-refractivity contribution is -0.139. The third-order valence-corrected chi connectivity index (χ3v) is 6.17. The van der Waals surface area contributed by atoms with Gasteiger partial charge in [0.1, 0.15) is 5.82 Å². The van der Waals surface area contributed by atoms with Gasteiger partial charge in [-0.25, -0.2) is 8.78 Å². The van der Waals surface area contributed by atoms with E-state index in [1.165, 1.54) is 6.07 Å². The van der Waals surface area contributed by atoms with Gasteiger partial charge in [-0.1, -0.05) is 37.3 Å². The van der Waals surface area contributed by atoms with Crippen molar-refractivity contribution in [3.8, 4) is 0 Å². The van der Waals surface area contributed by atoms with Gasteiger partial charge < -0.3 is 9.80 Å². The quantitative estimate of drug-likeness (QED) is 0.412. The van der Waals surface area contributed by atoms with E-state index >= 15 is 0 Å². The monoisotopic (exact) mass is 441 g/mol. The number of aliphatic imine (C=N–C) groups is 1. The molecule has 6 heteroatoms. The molecule has 1 aromatic rings. The van der Waals surface area contributed by atoms with E-state index in [9.17, 15) is 13.6 Å². The molecule has 0 radical (unpaired) electrons. The first-order valence-electron chi connectivity index (χ1n) is 11.4. The minimum atomic E-state index is -1.63. The van der Waals surface area contributed by atoms with Crippen LogP contribution in [0.4, 0.5) is 8.78 Å². The van der Waals surface area contributed by atoms with Crippen LogP contribution < -0.4 is 0 Å². The smallest absolute Gasteiger partial charge is 0.260 e. The number of benzene rings is 1. The second-order valence-corrected chi connectivity index (χ2v) is 8.39. The molecular weight excluding hydrogens is 408 g/mol. The van der Waals surface area contributed by atoms with Gasteiger partial charge >= 0.3 is 0 Å². The van der Waals surface area contributed by atoms with E-state index in [1.54, 1.807) is 23.2 Å². The van der Waals surface area contributed by atoms with Crippen molar-refractivity contribution >= 4 is 17.2 Å². The Morgan fingerprint density at radius 1 is 1.12 bits per heavy atom. The van der Waals surface area contributed by atoms with Crippen LogP contribution in [0.1, 0.15) is 52.5 Å². The van der Waals surface area contributed by atoms with Crippen molar-refractivity contribution in [1.82, 2.24) is 9.80 Å². The molecule has 1 saturated carbocycles. The Morgan fingerprint density at radius 3 is 2.31 bits per heavy atom. The van der Waals surface area contributed by atoms with Crippen molar-refractivity contribution in [2.75, 3.05) is 26.2 Å². The minimum Gasteiger partial charge on any atom is -0.371 e. The molecule has 0 N–H and O–H groups in total. The number of halogens is 2. The Kier molecular flexibility index (Phi) is 7.64. The summed E-state index contributed by atoms with van der Waals surface area (Å²) in [5.74, 6) is -0.655. The number of carbonyl (C=O) groups excluding carboxylic acids is 1. The Hall–Kier alpha value is -2.76. The second-order valence-electron chi connectivity index (χ2n) is 8.39. The van der Waals surface area contributed by atoms with Gasteiger partial charge in [-0.05, 0) is 51.7 Å². The summed E-state index contributed by atoms with van der Waals surface area (Å²) in [7, 11) is 0. The number of hydrogen-bond donors (Lipinski definition) is 0. The average Bonchev–Trinajstić information content (AvgIpc) is 3.56. The van der Waals surface area contributed by atoms with E-state index in [0.29, 0.717) is 44.6 Å². The summed E-state index contributed by atoms with van der Waals surface area (Å²) in [5, 5.41) is 0. The van der Waals surface area contributed by atoms with Gasteiger partial charge in [-0.3, -0.25) is 9.79 Å². The average molecular weight is 442 g/mol. The Morgan fingerprint density at radius 2 is 1.75 bits per heavy atom. The third-order valence-electron chi connectivity index (χ3n) is 6.17. The molecule has 1 aliphatic heterocycles. The van der Waals surface area contributed by atoms with Crippen molar-refractivity contribution in [2.24, 2.45) is 4.99 Å². The van der Waals surface area contributed by atoms with Gasteiger partial charge in [0, 0.05) is 54.9 Å². The highest BCUT2D eigenvalue weighted by Crippen LogP contribution is 2.41. The Bertz CT molecular complexity index is 965. The number of carbonyl (C=O) groups is 1. The van der Waals surface area contributed by atoms with Crippen molar-refractivity contribution in [2.45, 2.75) is 52.6 Å². The molecule has 2 aliphatic rings. The summed E-state index contributed by atoms with van der Waals surface area (Å²) in [6, 6.07) is 6.75. The van der Waals surface area contributed by atoms with Crippen molar-refractivity contribution < 1.29 is 13.6 Å². The summed E-state index contributed by atoms with van der Waals surface area (Å²) >= 11 is 0. The molecule has 1 aliphatic carbocycles. The summed E-state index contributed by atoms with van der Waals surface area (Å²) in [6.07, 6.45) is 7.23. The molecule has 0 atom stereocenters. The second kappa shape index (κ2) is 10.2. The first kappa shape index (κ1) is 23.9. The number of allylic oxidation sites excluding steroid dienone is 5. The normalized spacial score (nSPS) is 19.9. The first-order valence-corrected chi connectivity index (χ1v) is 11.4.